The maximum absolute atomic E-state index is 10.4. The molecule has 0 radical (unpaired) electrons. The van der Waals surface area contributed by atoms with Gasteiger partial charge in [-0.3, -0.25) is 4.57 Å². The van der Waals surface area contributed by atoms with Crippen LogP contribution in [0.3, 0.4) is 0 Å². The Morgan fingerprint density at radius 1 is 1.19 bits per heavy atom. The fourth-order valence-electron chi connectivity index (χ4n) is 2.90. The van der Waals surface area contributed by atoms with Crippen molar-refractivity contribution in [3.63, 3.8) is 0 Å². The van der Waals surface area contributed by atoms with Gasteiger partial charge in [0.05, 0.1) is 13.2 Å². The Balaban J connectivity index is 1.95. The third kappa shape index (κ3) is 3.78. The van der Waals surface area contributed by atoms with Crippen LogP contribution in [0.1, 0.15) is 13.2 Å². The average Bonchev–Trinajstić information content (AvgIpc) is 3.11. The van der Waals surface area contributed by atoms with E-state index in [1.54, 1.807) is 13.0 Å². The Kier molecular flexibility index (Phi) is 5.99. The summed E-state index contributed by atoms with van der Waals surface area (Å²) in [5.41, 5.74) is 1.56. The van der Waals surface area contributed by atoms with E-state index in [1.165, 1.54) is 17.2 Å². The Labute approximate surface area is 154 Å². The van der Waals surface area contributed by atoms with E-state index in [4.69, 9.17) is 9.84 Å². The molecular weight excluding hydrogens is 358 g/mol. The second-order valence-corrected chi connectivity index (χ2v) is 6.36. The lowest BCUT2D eigenvalue weighted by molar-refractivity contribution is -0.250. The van der Waals surface area contributed by atoms with Crippen molar-refractivity contribution in [3.8, 4) is 0 Å². The van der Waals surface area contributed by atoms with Crippen LogP contribution in [-0.4, -0.2) is 89.2 Å². The molecule has 0 bridgehead atoms. The number of nitrogens with one attached hydrogen (secondary N) is 1. The first-order valence-corrected chi connectivity index (χ1v) is 8.46. The molecule has 3 heterocycles. The maximum Gasteiger partial charge on any atom is 0.183 e. The lowest BCUT2D eigenvalue weighted by Gasteiger charge is -2.40. The van der Waals surface area contributed by atoms with Crippen LogP contribution >= 0.6 is 0 Å². The number of hydrogen-bond donors (Lipinski definition) is 6. The molecule has 2 aromatic heterocycles. The van der Waals surface area contributed by atoms with Crippen LogP contribution in [0.25, 0.3) is 11.2 Å². The molecule has 148 valence electrons. The molecule has 1 aliphatic heterocycles. The Morgan fingerprint density at radius 2 is 1.96 bits per heavy atom. The minimum Gasteiger partial charge on any atom is -0.394 e. The predicted molar refractivity (Wildman–Crippen MR) is 93.7 cm³/mol. The molecule has 11 heteroatoms. The van der Waals surface area contributed by atoms with Crippen molar-refractivity contribution < 1.29 is 30.3 Å². The SMILES string of the molecule is C/C(=C/CNc1ncnc2ncn([C@H]3O[C@H](CO)[C@@H](O)[C@H](O)[C@H]3O)c12)CO. The minimum absolute atomic E-state index is 0.0519. The molecule has 11 nitrogen and oxygen atoms in total. The molecule has 0 aromatic carbocycles. The number of ether oxygens (including phenoxy) is 1. The van der Waals surface area contributed by atoms with E-state index in [0.717, 1.165) is 5.57 Å². The van der Waals surface area contributed by atoms with Crippen LogP contribution in [0.15, 0.2) is 24.3 Å². The van der Waals surface area contributed by atoms with E-state index in [2.05, 4.69) is 20.3 Å². The number of rotatable bonds is 6. The number of aliphatic hydroxyl groups excluding tert-OH is 5. The summed E-state index contributed by atoms with van der Waals surface area (Å²) in [6, 6.07) is 0. The van der Waals surface area contributed by atoms with Crippen molar-refractivity contribution >= 4 is 17.0 Å². The summed E-state index contributed by atoms with van der Waals surface area (Å²) in [5, 5.41) is 51.9. The molecule has 0 unspecified atom stereocenters. The van der Waals surface area contributed by atoms with Gasteiger partial charge in [0, 0.05) is 6.54 Å². The number of anilines is 1. The summed E-state index contributed by atoms with van der Waals surface area (Å²) in [7, 11) is 0. The first-order valence-electron chi connectivity index (χ1n) is 8.46. The average molecular weight is 381 g/mol. The van der Waals surface area contributed by atoms with Crippen LogP contribution in [0.5, 0.6) is 0 Å². The minimum atomic E-state index is -1.51. The van der Waals surface area contributed by atoms with Gasteiger partial charge in [-0.2, -0.15) is 0 Å². The molecule has 0 saturated carbocycles. The number of hydrogen-bond acceptors (Lipinski definition) is 10. The van der Waals surface area contributed by atoms with E-state index in [1.807, 2.05) is 0 Å². The first-order chi connectivity index (χ1) is 13.0. The van der Waals surface area contributed by atoms with Crippen molar-refractivity contribution in [3.05, 3.63) is 24.3 Å². The fraction of sp³-hybridized carbons (Fsp3) is 0.562. The lowest BCUT2D eigenvalue weighted by Crippen LogP contribution is -2.56. The van der Waals surface area contributed by atoms with Gasteiger partial charge in [-0.25, -0.2) is 15.0 Å². The van der Waals surface area contributed by atoms with Gasteiger partial charge in [0.1, 0.15) is 42.6 Å². The van der Waals surface area contributed by atoms with Gasteiger partial charge in [0.2, 0.25) is 0 Å². The molecule has 0 amide bonds. The Bertz CT molecular complexity index is 810. The zero-order chi connectivity index (χ0) is 19.6. The van der Waals surface area contributed by atoms with E-state index < -0.39 is 37.3 Å². The molecule has 6 N–H and O–H groups in total. The molecule has 27 heavy (non-hydrogen) atoms. The van der Waals surface area contributed by atoms with Crippen molar-refractivity contribution in [2.24, 2.45) is 0 Å². The van der Waals surface area contributed by atoms with Crippen LogP contribution in [0, 0.1) is 0 Å². The van der Waals surface area contributed by atoms with E-state index in [0.29, 0.717) is 23.5 Å². The molecule has 3 rings (SSSR count). The van der Waals surface area contributed by atoms with Crippen molar-refractivity contribution in [1.29, 1.82) is 0 Å². The summed E-state index contributed by atoms with van der Waals surface area (Å²) in [6.45, 7) is 1.60. The fourth-order valence-corrected chi connectivity index (χ4v) is 2.90. The van der Waals surface area contributed by atoms with E-state index in [-0.39, 0.29) is 6.61 Å². The highest BCUT2D eigenvalue weighted by Crippen LogP contribution is 2.32. The molecule has 1 fully saturated rings. The quantitative estimate of drug-likeness (QED) is 0.313. The molecule has 0 spiro atoms. The maximum atomic E-state index is 10.4. The Hall–Kier alpha value is -2.15. The highest BCUT2D eigenvalue weighted by atomic mass is 16.6. The zero-order valence-corrected chi connectivity index (χ0v) is 14.7. The molecular formula is C16H23N5O6. The van der Waals surface area contributed by atoms with Crippen LogP contribution in [-0.2, 0) is 4.74 Å². The first kappa shape index (κ1) is 19.6. The van der Waals surface area contributed by atoms with E-state index in [9.17, 15) is 20.4 Å². The van der Waals surface area contributed by atoms with Crippen molar-refractivity contribution in [2.45, 2.75) is 37.6 Å². The zero-order valence-electron chi connectivity index (χ0n) is 14.7. The topological polar surface area (TPSA) is 166 Å². The largest absolute Gasteiger partial charge is 0.394 e. The number of nitrogens with zero attached hydrogens (tertiary/aromatic N) is 4. The van der Waals surface area contributed by atoms with Crippen LogP contribution in [0.4, 0.5) is 5.82 Å². The van der Waals surface area contributed by atoms with Gasteiger partial charge >= 0.3 is 0 Å². The monoisotopic (exact) mass is 381 g/mol. The lowest BCUT2D eigenvalue weighted by atomic mass is 9.98. The van der Waals surface area contributed by atoms with Crippen LogP contribution in [0.2, 0.25) is 0 Å². The highest BCUT2D eigenvalue weighted by molar-refractivity contribution is 5.83. The third-order valence-electron chi connectivity index (χ3n) is 4.48. The molecule has 1 aliphatic rings. The highest BCUT2D eigenvalue weighted by Gasteiger charge is 2.44. The molecule has 1 saturated heterocycles. The summed E-state index contributed by atoms with van der Waals surface area (Å²) in [6.07, 6.45) is -2.04. The summed E-state index contributed by atoms with van der Waals surface area (Å²) in [4.78, 5) is 12.4. The molecule has 5 atom stereocenters. The predicted octanol–water partition coefficient (Wildman–Crippen LogP) is -1.85. The van der Waals surface area contributed by atoms with Gasteiger partial charge < -0.3 is 35.6 Å². The van der Waals surface area contributed by atoms with Gasteiger partial charge in [0.25, 0.3) is 0 Å². The number of aliphatic hydroxyl groups is 5. The van der Waals surface area contributed by atoms with E-state index >= 15 is 0 Å². The molecule has 2 aromatic rings. The standard InChI is InChI=1S/C16H23N5O6/c1-8(4-22)2-3-17-14-10-15(19-6-18-14)20-7-21(10)16-13(26)12(25)11(24)9(5-23)27-16/h2,6-7,9,11-13,16,22-26H,3-5H2,1H3,(H,17,18,19)/b8-2-/t9-,11-,12+,13-,16+/m1/s1. The summed E-state index contributed by atoms with van der Waals surface area (Å²) in [5.74, 6) is 0.413. The normalized spacial score (nSPS) is 29.3. The van der Waals surface area contributed by atoms with Gasteiger partial charge in [-0.05, 0) is 6.92 Å². The van der Waals surface area contributed by atoms with Gasteiger partial charge in [0.15, 0.2) is 17.7 Å². The second kappa shape index (κ2) is 8.25. The Morgan fingerprint density at radius 3 is 2.67 bits per heavy atom. The third-order valence-corrected chi connectivity index (χ3v) is 4.48. The van der Waals surface area contributed by atoms with Crippen molar-refractivity contribution in [1.82, 2.24) is 19.5 Å². The van der Waals surface area contributed by atoms with Gasteiger partial charge in [-0.15, -0.1) is 0 Å². The second-order valence-electron chi connectivity index (χ2n) is 6.36. The number of imidazole rings is 1. The number of aromatic nitrogens is 4. The summed E-state index contributed by atoms with van der Waals surface area (Å²) < 4.78 is 7.03. The smallest absolute Gasteiger partial charge is 0.183 e. The van der Waals surface area contributed by atoms with Crippen LogP contribution < -0.4 is 5.32 Å². The molecule has 0 aliphatic carbocycles. The number of fused-ring (bicyclic) bond motifs is 1. The summed E-state index contributed by atoms with van der Waals surface area (Å²) >= 11 is 0. The van der Waals surface area contributed by atoms with Crippen molar-refractivity contribution in [2.75, 3.05) is 25.1 Å². The van der Waals surface area contributed by atoms with Gasteiger partial charge in [-0.1, -0.05) is 11.6 Å².